The third kappa shape index (κ3) is 2.04. The number of hydrogen-bond donors (Lipinski definition) is 2. The van der Waals surface area contributed by atoms with Crippen LogP contribution in [0.2, 0.25) is 0 Å². The topological polar surface area (TPSA) is 69.4 Å². The fourth-order valence-electron chi connectivity index (χ4n) is 2.60. The maximum Gasteiger partial charge on any atom is 0.163 e. The summed E-state index contributed by atoms with van der Waals surface area (Å²) in [6, 6.07) is 3.90. The minimum absolute atomic E-state index is 0.670. The van der Waals surface area contributed by atoms with Crippen molar-refractivity contribution in [2.24, 2.45) is 5.84 Å². The SMILES string of the molecule is CCc1nc2cc3c(cc2c(NN)c1C)OCCCO3. The van der Waals surface area contributed by atoms with Crippen LogP contribution in [0.25, 0.3) is 10.9 Å². The molecule has 0 unspecified atom stereocenters. The van der Waals surface area contributed by atoms with E-state index in [1.165, 1.54) is 0 Å². The minimum atomic E-state index is 0.670. The number of nitrogens with two attached hydrogens (primary N) is 1. The number of nitrogens with one attached hydrogen (secondary N) is 1. The molecule has 1 aliphatic rings. The van der Waals surface area contributed by atoms with E-state index in [0.29, 0.717) is 13.2 Å². The van der Waals surface area contributed by atoms with E-state index in [9.17, 15) is 0 Å². The van der Waals surface area contributed by atoms with E-state index >= 15 is 0 Å². The molecule has 0 spiro atoms. The smallest absolute Gasteiger partial charge is 0.163 e. The fraction of sp³-hybridized carbons (Fsp3) is 0.400. The summed E-state index contributed by atoms with van der Waals surface area (Å²) in [5.74, 6) is 7.22. The summed E-state index contributed by atoms with van der Waals surface area (Å²) in [5, 5.41) is 0.964. The van der Waals surface area contributed by atoms with E-state index < -0.39 is 0 Å². The number of hydrazine groups is 1. The molecule has 2 heterocycles. The number of nitrogens with zero attached hydrogens (tertiary/aromatic N) is 1. The zero-order chi connectivity index (χ0) is 14.1. The van der Waals surface area contributed by atoms with Crippen molar-refractivity contribution in [2.75, 3.05) is 18.6 Å². The van der Waals surface area contributed by atoms with Gasteiger partial charge in [0.05, 0.1) is 24.4 Å². The van der Waals surface area contributed by atoms with Gasteiger partial charge in [0, 0.05) is 23.6 Å². The lowest BCUT2D eigenvalue weighted by atomic mass is 10.1. The first-order valence-corrected chi connectivity index (χ1v) is 6.94. The Bertz CT molecular complexity index is 655. The van der Waals surface area contributed by atoms with Crippen LogP contribution in [-0.2, 0) is 6.42 Å². The number of aryl methyl sites for hydroxylation is 1. The molecular formula is C15H19N3O2. The molecule has 0 aliphatic carbocycles. The molecule has 1 aliphatic heterocycles. The van der Waals surface area contributed by atoms with Gasteiger partial charge >= 0.3 is 0 Å². The van der Waals surface area contributed by atoms with Crippen molar-refractivity contribution in [3.05, 3.63) is 23.4 Å². The summed E-state index contributed by atoms with van der Waals surface area (Å²) in [4.78, 5) is 4.71. The first-order valence-electron chi connectivity index (χ1n) is 6.94. The van der Waals surface area contributed by atoms with Crippen LogP contribution in [0.15, 0.2) is 12.1 Å². The first-order chi connectivity index (χ1) is 9.74. The number of anilines is 1. The van der Waals surface area contributed by atoms with E-state index in [0.717, 1.165) is 52.2 Å². The number of benzene rings is 1. The van der Waals surface area contributed by atoms with Crippen molar-refractivity contribution in [3.63, 3.8) is 0 Å². The lowest BCUT2D eigenvalue weighted by Crippen LogP contribution is -2.11. The third-order valence-electron chi connectivity index (χ3n) is 3.68. The predicted octanol–water partition coefficient (Wildman–Crippen LogP) is 2.55. The Labute approximate surface area is 118 Å². The van der Waals surface area contributed by atoms with Gasteiger partial charge in [-0.2, -0.15) is 0 Å². The average Bonchev–Trinajstić information content (AvgIpc) is 2.69. The molecule has 3 rings (SSSR count). The Hall–Kier alpha value is -2.01. The number of ether oxygens (including phenoxy) is 2. The van der Waals surface area contributed by atoms with E-state index in [4.69, 9.17) is 20.3 Å². The lowest BCUT2D eigenvalue weighted by Gasteiger charge is -2.15. The van der Waals surface area contributed by atoms with Crippen molar-refractivity contribution in [3.8, 4) is 11.5 Å². The van der Waals surface area contributed by atoms with Crippen molar-refractivity contribution in [1.82, 2.24) is 4.98 Å². The van der Waals surface area contributed by atoms with Gasteiger partial charge < -0.3 is 14.9 Å². The highest BCUT2D eigenvalue weighted by Crippen LogP contribution is 2.37. The highest BCUT2D eigenvalue weighted by molar-refractivity contribution is 5.95. The number of fused-ring (bicyclic) bond motifs is 2. The van der Waals surface area contributed by atoms with E-state index in [1.54, 1.807) is 0 Å². The second-order valence-corrected chi connectivity index (χ2v) is 4.92. The number of nitrogen functional groups attached to an aromatic ring is 1. The van der Waals surface area contributed by atoms with Crippen LogP contribution in [0.4, 0.5) is 5.69 Å². The summed E-state index contributed by atoms with van der Waals surface area (Å²) in [6.07, 6.45) is 1.75. The average molecular weight is 273 g/mol. The van der Waals surface area contributed by atoms with E-state index in [-0.39, 0.29) is 0 Å². The quantitative estimate of drug-likeness (QED) is 0.650. The molecule has 106 valence electrons. The largest absolute Gasteiger partial charge is 0.490 e. The summed E-state index contributed by atoms with van der Waals surface area (Å²) in [6.45, 7) is 5.46. The molecule has 20 heavy (non-hydrogen) atoms. The van der Waals surface area contributed by atoms with Gasteiger partial charge in [0.25, 0.3) is 0 Å². The van der Waals surface area contributed by atoms with Gasteiger partial charge in [-0.15, -0.1) is 0 Å². The standard InChI is InChI=1S/C15H19N3O2/c1-3-11-9(2)15(18-16)10-7-13-14(8-12(10)17-11)20-6-4-5-19-13/h7-8H,3-6,16H2,1-2H3,(H,17,18). The van der Waals surface area contributed by atoms with Crippen molar-refractivity contribution >= 4 is 16.6 Å². The number of rotatable bonds is 2. The normalized spacial score (nSPS) is 14.2. The maximum atomic E-state index is 5.73. The Balaban J connectivity index is 2.28. The van der Waals surface area contributed by atoms with E-state index in [1.807, 2.05) is 19.1 Å². The lowest BCUT2D eigenvalue weighted by molar-refractivity contribution is 0.297. The molecule has 0 saturated heterocycles. The van der Waals surface area contributed by atoms with Crippen LogP contribution < -0.4 is 20.7 Å². The molecular weight excluding hydrogens is 254 g/mol. The van der Waals surface area contributed by atoms with Gasteiger partial charge in [0.1, 0.15) is 0 Å². The minimum Gasteiger partial charge on any atom is -0.490 e. The van der Waals surface area contributed by atoms with Gasteiger partial charge in [-0.1, -0.05) is 6.92 Å². The van der Waals surface area contributed by atoms with Gasteiger partial charge in [0.2, 0.25) is 0 Å². The molecule has 0 fully saturated rings. The van der Waals surface area contributed by atoms with Crippen LogP contribution >= 0.6 is 0 Å². The summed E-state index contributed by atoms with van der Waals surface area (Å²) >= 11 is 0. The predicted molar refractivity (Wildman–Crippen MR) is 79.3 cm³/mol. The molecule has 0 bridgehead atoms. The van der Waals surface area contributed by atoms with E-state index in [2.05, 4.69) is 12.3 Å². The highest BCUT2D eigenvalue weighted by Gasteiger charge is 2.16. The highest BCUT2D eigenvalue weighted by atomic mass is 16.5. The zero-order valence-corrected chi connectivity index (χ0v) is 11.8. The molecule has 0 saturated carbocycles. The van der Waals surface area contributed by atoms with Crippen molar-refractivity contribution < 1.29 is 9.47 Å². The van der Waals surface area contributed by atoms with Crippen molar-refractivity contribution in [1.29, 1.82) is 0 Å². The zero-order valence-electron chi connectivity index (χ0n) is 11.8. The molecule has 2 aromatic rings. The molecule has 0 radical (unpaired) electrons. The first kappa shape index (κ1) is 13.0. The monoisotopic (exact) mass is 273 g/mol. The Morgan fingerprint density at radius 1 is 1.25 bits per heavy atom. The Morgan fingerprint density at radius 3 is 2.60 bits per heavy atom. The number of pyridine rings is 1. The molecule has 5 nitrogen and oxygen atoms in total. The van der Waals surface area contributed by atoms with Gasteiger partial charge in [-0.25, -0.2) is 0 Å². The summed E-state index contributed by atoms with van der Waals surface area (Å²) < 4.78 is 11.4. The molecule has 0 amide bonds. The Morgan fingerprint density at radius 2 is 1.95 bits per heavy atom. The second-order valence-electron chi connectivity index (χ2n) is 4.92. The van der Waals surface area contributed by atoms with Crippen LogP contribution in [-0.4, -0.2) is 18.2 Å². The van der Waals surface area contributed by atoms with Crippen LogP contribution in [0.5, 0.6) is 11.5 Å². The number of aromatic nitrogens is 1. The molecule has 1 aromatic heterocycles. The van der Waals surface area contributed by atoms with Crippen LogP contribution in [0, 0.1) is 6.92 Å². The fourth-order valence-corrected chi connectivity index (χ4v) is 2.60. The third-order valence-corrected chi connectivity index (χ3v) is 3.68. The molecule has 0 atom stereocenters. The van der Waals surface area contributed by atoms with Crippen LogP contribution in [0.1, 0.15) is 24.6 Å². The van der Waals surface area contributed by atoms with Gasteiger partial charge in [-0.3, -0.25) is 10.8 Å². The number of hydrogen-bond acceptors (Lipinski definition) is 5. The second kappa shape index (κ2) is 5.17. The summed E-state index contributed by atoms with van der Waals surface area (Å²) in [7, 11) is 0. The van der Waals surface area contributed by atoms with Gasteiger partial charge in [-0.05, 0) is 25.0 Å². The van der Waals surface area contributed by atoms with Crippen LogP contribution in [0.3, 0.4) is 0 Å². The summed E-state index contributed by atoms with van der Waals surface area (Å²) in [5.41, 5.74) is 6.71. The Kier molecular flexibility index (Phi) is 3.36. The maximum absolute atomic E-state index is 5.73. The van der Waals surface area contributed by atoms with Gasteiger partial charge in [0.15, 0.2) is 11.5 Å². The molecule has 3 N–H and O–H groups in total. The van der Waals surface area contributed by atoms with Crippen molar-refractivity contribution in [2.45, 2.75) is 26.7 Å². The molecule has 5 heteroatoms. The molecule has 1 aromatic carbocycles.